The Morgan fingerprint density at radius 2 is 1.26 bits per heavy atom. The van der Waals surface area contributed by atoms with E-state index in [0.29, 0.717) is 49.7 Å². The van der Waals surface area contributed by atoms with Crippen molar-refractivity contribution in [1.29, 1.82) is 0 Å². The molecule has 3 atom stereocenters. The normalized spacial score (nSPS) is 14.1. The number of carbonyl (C=O) groups is 4. The molecule has 10 nitrogen and oxygen atoms in total. The van der Waals surface area contributed by atoms with Gasteiger partial charge in [-0.15, -0.1) is 0 Å². The molecule has 3 aromatic rings. The number of aryl methyl sites for hydroxylation is 1. The van der Waals surface area contributed by atoms with E-state index in [1.54, 1.807) is 19.2 Å². The van der Waals surface area contributed by atoms with Crippen LogP contribution in [-0.4, -0.2) is 57.9 Å². The molecule has 3 amide bonds. The van der Waals surface area contributed by atoms with E-state index in [2.05, 4.69) is 33.2 Å². The predicted octanol–water partition coefficient (Wildman–Crippen LogP) is 6.17. The topological polar surface area (TPSA) is 150 Å². The lowest BCUT2D eigenvalue weighted by atomic mass is 9.92. The summed E-state index contributed by atoms with van der Waals surface area (Å²) in [5.74, 6) is -5.18. The molecule has 14 heteroatoms. The molecule has 0 radical (unpaired) electrons. The second-order valence-electron chi connectivity index (χ2n) is 13.3. The van der Waals surface area contributed by atoms with Crippen LogP contribution < -0.4 is 21.3 Å². The second-order valence-corrected chi connectivity index (χ2v) is 13.3. The first kappa shape index (κ1) is 42.6. The Morgan fingerprint density at radius 3 is 1.70 bits per heavy atom. The number of carboxylic acid groups (broad SMARTS) is 1. The number of hydrogen-bond acceptors (Lipinski definition) is 6. The fraction of sp³-hybridized carbons (Fsp3) is 0.462. The van der Waals surface area contributed by atoms with E-state index in [9.17, 15) is 36.7 Å². The van der Waals surface area contributed by atoms with Gasteiger partial charge >= 0.3 is 5.97 Å². The van der Waals surface area contributed by atoms with Crippen LogP contribution in [0.3, 0.4) is 0 Å². The number of carbonyl (C=O) groups excluding carboxylic acids is 3. The number of aliphatic carboxylic acids is 1. The maximum atomic E-state index is 13.4. The Kier molecular flexibility index (Phi) is 17.4. The van der Waals surface area contributed by atoms with Crippen molar-refractivity contribution in [2.45, 2.75) is 116 Å². The minimum atomic E-state index is -1.12. The molecular weight excluding hydrogens is 694 g/mol. The second kappa shape index (κ2) is 21.6. The van der Waals surface area contributed by atoms with Crippen LogP contribution in [0, 0.1) is 23.3 Å². The van der Waals surface area contributed by atoms with Crippen LogP contribution in [0.4, 0.5) is 23.4 Å². The maximum absolute atomic E-state index is 13.4. The Hall–Kier alpha value is -4.85. The predicted molar refractivity (Wildman–Crippen MR) is 193 cm³/mol. The molecule has 1 fully saturated rings. The Labute approximate surface area is 307 Å². The number of aromatic nitrogens is 1. The van der Waals surface area contributed by atoms with Gasteiger partial charge in [0.05, 0.1) is 12.8 Å². The van der Waals surface area contributed by atoms with Crippen LogP contribution in [0.25, 0.3) is 0 Å². The lowest BCUT2D eigenvalue weighted by Gasteiger charge is -2.30. The van der Waals surface area contributed by atoms with Crippen molar-refractivity contribution < 1.29 is 41.8 Å². The van der Waals surface area contributed by atoms with Gasteiger partial charge in [-0.05, 0) is 92.5 Å². The molecule has 1 heterocycles. The monoisotopic (exact) mass is 743 g/mol. The van der Waals surface area contributed by atoms with Gasteiger partial charge in [0.1, 0.15) is 41.2 Å². The van der Waals surface area contributed by atoms with Crippen molar-refractivity contribution in [2.24, 2.45) is 0 Å². The minimum Gasteiger partial charge on any atom is -0.480 e. The summed E-state index contributed by atoms with van der Waals surface area (Å²) in [7, 11) is 0. The first-order valence-electron chi connectivity index (χ1n) is 18.0. The summed E-state index contributed by atoms with van der Waals surface area (Å²) >= 11 is 0. The van der Waals surface area contributed by atoms with Gasteiger partial charge in [0.15, 0.2) is 0 Å². The molecule has 1 aromatic heterocycles. The Balaban J connectivity index is 0.000000337. The van der Waals surface area contributed by atoms with Crippen LogP contribution >= 0.6 is 0 Å². The summed E-state index contributed by atoms with van der Waals surface area (Å²) in [4.78, 5) is 51.9. The number of rotatable bonds is 18. The fourth-order valence-corrected chi connectivity index (χ4v) is 5.69. The van der Waals surface area contributed by atoms with E-state index in [-0.39, 0.29) is 29.9 Å². The third-order valence-electron chi connectivity index (χ3n) is 8.58. The van der Waals surface area contributed by atoms with Gasteiger partial charge in [0.25, 0.3) is 0 Å². The molecule has 4 rings (SSSR count). The highest BCUT2D eigenvalue weighted by Crippen LogP contribution is 2.19. The smallest absolute Gasteiger partial charge is 0.326 e. The number of carboxylic acids is 1. The molecule has 0 aliphatic heterocycles. The summed E-state index contributed by atoms with van der Waals surface area (Å²) in [5.41, 5.74) is 1.47. The van der Waals surface area contributed by atoms with E-state index < -0.39 is 53.1 Å². The molecule has 1 aliphatic carbocycles. The number of nitrogens with one attached hydrogen (secondary N) is 4. The highest BCUT2D eigenvalue weighted by Gasteiger charge is 2.22. The number of amides is 3. The molecule has 0 spiro atoms. The summed E-state index contributed by atoms with van der Waals surface area (Å²) in [6.45, 7) is 5.90. The van der Waals surface area contributed by atoms with Crippen molar-refractivity contribution in [3.63, 3.8) is 0 Å². The van der Waals surface area contributed by atoms with Crippen molar-refractivity contribution >= 4 is 29.5 Å². The van der Waals surface area contributed by atoms with E-state index >= 15 is 0 Å². The van der Waals surface area contributed by atoms with Crippen LogP contribution in [0.5, 0.6) is 0 Å². The lowest BCUT2D eigenvalue weighted by molar-refractivity contribution is -0.142. The molecule has 2 aromatic carbocycles. The van der Waals surface area contributed by atoms with E-state index in [1.807, 2.05) is 13.0 Å². The molecule has 1 saturated carbocycles. The van der Waals surface area contributed by atoms with Crippen LogP contribution in [0.15, 0.2) is 54.7 Å². The number of anilines is 1. The van der Waals surface area contributed by atoms with Crippen molar-refractivity contribution in [3.05, 3.63) is 94.7 Å². The van der Waals surface area contributed by atoms with Crippen molar-refractivity contribution in [2.75, 3.05) is 5.32 Å². The highest BCUT2D eigenvalue weighted by atomic mass is 19.1. The average Bonchev–Trinajstić information content (AvgIpc) is 3.05. The van der Waals surface area contributed by atoms with Crippen molar-refractivity contribution in [1.82, 2.24) is 20.9 Å². The Morgan fingerprint density at radius 1 is 0.755 bits per heavy atom. The van der Waals surface area contributed by atoms with Gasteiger partial charge < -0.3 is 26.4 Å². The molecule has 5 N–H and O–H groups in total. The van der Waals surface area contributed by atoms with Crippen LogP contribution in [0.2, 0.25) is 0 Å². The third kappa shape index (κ3) is 15.7. The van der Waals surface area contributed by atoms with E-state index in [1.165, 1.54) is 19.3 Å². The summed E-state index contributed by atoms with van der Waals surface area (Å²) < 4.78 is 52.6. The minimum absolute atomic E-state index is 0.163. The summed E-state index contributed by atoms with van der Waals surface area (Å²) in [6.07, 6.45) is 9.06. The standard InChI is InChI=1S/C26H34F2N4O2.C13H15F2NO3/c1-3-5-23(31-25(33)14-19-12-20(27)15-21(28)13-19)26(34)32-24-11-10-18(16-29-24)9-8-17(2)30-22-6-4-7-22;1-2-3-11(13(18)19)16-12(17)6-8-4-9(14)7-10(15)5-8/h10-13,15-17,22-23,30H,3-9,14H2,1-2H3,(H,31,33)(H,29,32,34);4-5,7,11H,2-3,6H2,1H3,(H,16,17)(H,18,19). The number of hydrogen-bond donors (Lipinski definition) is 5. The highest BCUT2D eigenvalue weighted by molar-refractivity contribution is 5.96. The molecule has 3 unspecified atom stereocenters. The summed E-state index contributed by atoms with van der Waals surface area (Å²) in [6, 6.07) is 8.83. The Bertz CT molecular complexity index is 1630. The fourth-order valence-electron chi connectivity index (χ4n) is 5.69. The molecule has 0 bridgehead atoms. The molecule has 288 valence electrons. The maximum Gasteiger partial charge on any atom is 0.326 e. The first-order chi connectivity index (χ1) is 25.2. The molecule has 0 saturated heterocycles. The van der Waals surface area contributed by atoms with Gasteiger partial charge in [0.2, 0.25) is 17.7 Å². The molecule has 53 heavy (non-hydrogen) atoms. The lowest BCUT2D eigenvalue weighted by Crippen LogP contribution is -2.44. The number of benzene rings is 2. The molecular formula is C39H49F4N5O5. The average molecular weight is 744 g/mol. The van der Waals surface area contributed by atoms with E-state index in [0.717, 1.165) is 48.7 Å². The van der Waals surface area contributed by atoms with Gasteiger partial charge in [0, 0.05) is 30.4 Å². The zero-order valence-electron chi connectivity index (χ0n) is 30.3. The van der Waals surface area contributed by atoms with Gasteiger partial charge in [-0.2, -0.15) is 0 Å². The number of pyridine rings is 1. The van der Waals surface area contributed by atoms with Crippen LogP contribution in [-0.2, 0) is 38.4 Å². The summed E-state index contributed by atoms with van der Waals surface area (Å²) in [5, 5.41) is 20.2. The van der Waals surface area contributed by atoms with Gasteiger partial charge in [-0.25, -0.2) is 27.3 Å². The quantitative estimate of drug-likeness (QED) is 0.0980. The van der Waals surface area contributed by atoms with Crippen LogP contribution in [0.1, 0.15) is 88.8 Å². The zero-order valence-corrected chi connectivity index (χ0v) is 30.3. The third-order valence-corrected chi connectivity index (χ3v) is 8.58. The van der Waals surface area contributed by atoms with Crippen molar-refractivity contribution in [3.8, 4) is 0 Å². The first-order valence-corrected chi connectivity index (χ1v) is 18.0. The number of halogens is 4. The van der Waals surface area contributed by atoms with Gasteiger partial charge in [-0.3, -0.25) is 14.4 Å². The largest absolute Gasteiger partial charge is 0.480 e. The SMILES string of the molecule is CCCC(NC(=O)Cc1cc(F)cc(F)c1)C(=O)Nc1ccc(CCC(C)NC2CCC2)cn1.CCCC(NC(=O)Cc1cc(F)cc(F)c1)C(=O)O. The zero-order chi connectivity index (χ0) is 38.9. The van der Waals surface area contributed by atoms with Gasteiger partial charge in [-0.1, -0.05) is 39.2 Å². The molecule has 1 aliphatic rings. The van der Waals surface area contributed by atoms with E-state index in [4.69, 9.17) is 5.11 Å². The number of nitrogens with zero attached hydrogens (tertiary/aromatic N) is 1.